The standard InChI is InChI=1S/C24H28N4O/c25-17-19-5-7-23(8-6-19)28-14-10-21(11-15-28)24(29)26-12-16-27-13-9-20-3-1-2-4-22(20)18-27/h1-8,21H,9-16,18H2,(H,26,29). The molecular formula is C24H28N4O. The Labute approximate surface area is 172 Å². The molecule has 5 heteroatoms. The summed E-state index contributed by atoms with van der Waals surface area (Å²) < 4.78 is 0. The van der Waals surface area contributed by atoms with Crippen LogP contribution in [0.15, 0.2) is 48.5 Å². The fourth-order valence-electron chi connectivity index (χ4n) is 4.37. The molecule has 150 valence electrons. The average molecular weight is 389 g/mol. The van der Waals surface area contributed by atoms with Gasteiger partial charge in [0.25, 0.3) is 0 Å². The van der Waals surface area contributed by atoms with Crippen LogP contribution in [-0.4, -0.2) is 43.5 Å². The first-order valence-electron chi connectivity index (χ1n) is 10.5. The molecule has 1 N–H and O–H groups in total. The number of carbonyl (C=O) groups excluding carboxylic acids is 1. The largest absolute Gasteiger partial charge is 0.371 e. The summed E-state index contributed by atoms with van der Waals surface area (Å²) in [6.45, 7) is 5.44. The first kappa shape index (κ1) is 19.5. The van der Waals surface area contributed by atoms with E-state index in [1.165, 1.54) is 11.1 Å². The van der Waals surface area contributed by atoms with Crippen LogP contribution in [0.1, 0.15) is 29.5 Å². The molecule has 5 nitrogen and oxygen atoms in total. The number of anilines is 1. The molecule has 0 bridgehead atoms. The summed E-state index contributed by atoms with van der Waals surface area (Å²) in [5, 5.41) is 12.1. The molecule has 2 aliphatic rings. The number of hydrogen-bond acceptors (Lipinski definition) is 4. The lowest BCUT2D eigenvalue weighted by molar-refractivity contribution is -0.125. The zero-order chi connectivity index (χ0) is 20.1. The fourth-order valence-corrected chi connectivity index (χ4v) is 4.37. The second kappa shape index (κ2) is 9.11. The van der Waals surface area contributed by atoms with E-state index in [0.717, 1.165) is 64.2 Å². The van der Waals surface area contributed by atoms with Crippen LogP contribution in [0.5, 0.6) is 0 Å². The van der Waals surface area contributed by atoms with Gasteiger partial charge in [-0.05, 0) is 54.7 Å². The summed E-state index contributed by atoms with van der Waals surface area (Å²) in [6.07, 6.45) is 2.85. The predicted molar refractivity (Wildman–Crippen MR) is 115 cm³/mol. The Morgan fingerprint density at radius 3 is 2.48 bits per heavy atom. The van der Waals surface area contributed by atoms with Crippen LogP contribution >= 0.6 is 0 Å². The van der Waals surface area contributed by atoms with Gasteiger partial charge in [-0.15, -0.1) is 0 Å². The molecular weight excluding hydrogens is 360 g/mol. The minimum absolute atomic E-state index is 0.103. The van der Waals surface area contributed by atoms with Gasteiger partial charge >= 0.3 is 0 Å². The molecule has 2 aromatic rings. The molecule has 1 amide bonds. The zero-order valence-corrected chi connectivity index (χ0v) is 16.8. The van der Waals surface area contributed by atoms with Crippen molar-refractivity contribution in [1.82, 2.24) is 10.2 Å². The molecule has 4 rings (SSSR count). The maximum absolute atomic E-state index is 12.6. The maximum Gasteiger partial charge on any atom is 0.223 e. The molecule has 0 saturated carbocycles. The van der Waals surface area contributed by atoms with Crippen LogP contribution in [-0.2, 0) is 17.8 Å². The van der Waals surface area contributed by atoms with Crippen molar-refractivity contribution in [2.45, 2.75) is 25.8 Å². The summed E-state index contributed by atoms with van der Waals surface area (Å²) in [6, 6.07) is 18.5. The summed E-state index contributed by atoms with van der Waals surface area (Å²) in [5.41, 5.74) is 4.69. The highest BCUT2D eigenvalue weighted by Gasteiger charge is 2.25. The number of nitrogens with zero attached hydrogens (tertiary/aromatic N) is 3. The van der Waals surface area contributed by atoms with Gasteiger partial charge in [0.2, 0.25) is 5.91 Å². The SMILES string of the molecule is N#Cc1ccc(N2CCC(C(=O)NCCN3CCc4ccccc4C3)CC2)cc1. The molecule has 0 aromatic heterocycles. The molecule has 2 aromatic carbocycles. The van der Waals surface area contributed by atoms with Crippen LogP contribution in [0, 0.1) is 17.2 Å². The summed E-state index contributed by atoms with van der Waals surface area (Å²) in [4.78, 5) is 17.3. The third kappa shape index (κ3) is 4.78. The van der Waals surface area contributed by atoms with E-state index in [1.807, 2.05) is 24.3 Å². The van der Waals surface area contributed by atoms with Gasteiger partial charge in [0.05, 0.1) is 11.6 Å². The Balaban J connectivity index is 1.19. The van der Waals surface area contributed by atoms with Crippen LogP contribution in [0.3, 0.4) is 0 Å². The number of carbonyl (C=O) groups is 1. The molecule has 0 radical (unpaired) electrons. The Morgan fingerprint density at radius 2 is 1.76 bits per heavy atom. The molecule has 0 unspecified atom stereocenters. The van der Waals surface area contributed by atoms with Crippen molar-refractivity contribution in [2.24, 2.45) is 5.92 Å². The fraction of sp³-hybridized carbons (Fsp3) is 0.417. The van der Waals surface area contributed by atoms with Crippen LogP contribution in [0.25, 0.3) is 0 Å². The highest BCUT2D eigenvalue weighted by Crippen LogP contribution is 2.24. The van der Waals surface area contributed by atoms with E-state index in [9.17, 15) is 4.79 Å². The minimum Gasteiger partial charge on any atom is -0.371 e. The second-order valence-electron chi connectivity index (χ2n) is 8.01. The Bertz CT molecular complexity index is 878. The van der Waals surface area contributed by atoms with Crippen molar-refractivity contribution < 1.29 is 4.79 Å². The number of amides is 1. The van der Waals surface area contributed by atoms with Gasteiger partial charge in [-0.25, -0.2) is 0 Å². The van der Waals surface area contributed by atoms with Gasteiger partial charge < -0.3 is 10.2 Å². The number of piperidine rings is 1. The van der Waals surface area contributed by atoms with Crippen LogP contribution in [0.2, 0.25) is 0 Å². The van der Waals surface area contributed by atoms with Crippen molar-refractivity contribution in [1.29, 1.82) is 5.26 Å². The third-order valence-corrected chi connectivity index (χ3v) is 6.16. The number of fused-ring (bicyclic) bond motifs is 1. The van der Waals surface area contributed by atoms with Gasteiger partial charge in [-0.2, -0.15) is 5.26 Å². The predicted octanol–water partition coefficient (Wildman–Crippen LogP) is 2.95. The average Bonchev–Trinajstić information content (AvgIpc) is 2.79. The van der Waals surface area contributed by atoms with E-state index in [4.69, 9.17) is 5.26 Å². The van der Waals surface area contributed by atoms with Crippen molar-refractivity contribution in [3.63, 3.8) is 0 Å². The number of nitrogens with one attached hydrogen (secondary N) is 1. The summed E-state index contributed by atoms with van der Waals surface area (Å²) in [5.74, 6) is 0.300. The van der Waals surface area contributed by atoms with E-state index in [0.29, 0.717) is 5.56 Å². The second-order valence-corrected chi connectivity index (χ2v) is 8.01. The topological polar surface area (TPSA) is 59.4 Å². The molecule has 0 aliphatic carbocycles. The van der Waals surface area contributed by atoms with Gasteiger partial charge in [-0.1, -0.05) is 24.3 Å². The van der Waals surface area contributed by atoms with Crippen molar-refractivity contribution >= 4 is 11.6 Å². The van der Waals surface area contributed by atoms with Crippen LogP contribution in [0.4, 0.5) is 5.69 Å². The van der Waals surface area contributed by atoms with Crippen molar-refractivity contribution in [2.75, 3.05) is 37.6 Å². The summed E-state index contributed by atoms with van der Waals surface area (Å²) >= 11 is 0. The van der Waals surface area contributed by atoms with Gasteiger partial charge in [0.1, 0.15) is 0 Å². The molecule has 1 fully saturated rings. The number of nitriles is 1. The van der Waals surface area contributed by atoms with E-state index in [1.54, 1.807) is 0 Å². The van der Waals surface area contributed by atoms with E-state index in [2.05, 4.69) is 45.5 Å². The van der Waals surface area contributed by atoms with E-state index >= 15 is 0 Å². The first-order chi connectivity index (χ1) is 14.2. The third-order valence-electron chi connectivity index (χ3n) is 6.16. The molecule has 2 aliphatic heterocycles. The lowest BCUT2D eigenvalue weighted by atomic mass is 9.95. The van der Waals surface area contributed by atoms with Crippen LogP contribution < -0.4 is 10.2 Å². The Kier molecular flexibility index (Phi) is 6.12. The lowest BCUT2D eigenvalue weighted by Gasteiger charge is -2.33. The molecule has 29 heavy (non-hydrogen) atoms. The zero-order valence-electron chi connectivity index (χ0n) is 16.8. The van der Waals surface area contributed by atoms with Gasteiger partial charge in [0, 0.05) is 50.9 Å². The number of hydrogen-bond donors (Lipinski definition) is 1. The molecule has 2 heterocycles. The quantitative estimate of drug-likeness (QED) is 0.856. The maximum atomic E-state index is 12.6. The highest BCUT2D eigenvalue weighted by molar-refractivity contribution is 5.79. The normalized spacial score (nSPS) is 17.4. The van der Waals surface area contributed by atoms with Crippen molar-refractivity contribution in [3.8, 4) is 6.07 Å². The Morgan fingerprint density at radius 1 is 1.03 bits per heavy atom. The van der Waals surface area contributed by atoms with Gasteiger partial charge in [-0.3, -0.25) is 9.69 Å². The van der Waals surface area contributed by atoms with E-state index < -0.39 is 0 Å². The molecule has 0 atom stereocenters. The Hall–Kier alpha value is -2.84. The minimum atomic E-state index is 0.103. The smallest absolute Gasteiger partial charge is 0.223 e. The number of benzene rings is 2. The van der Waals surface area contributed by atoms with Crippen molar-refractivity contribution in [3.05, 3.63) is 65.2 Å². The van der Waals surface area contributed by atoms with E-state index in [-0.39, 0.29) is 11.8 Å². The first-order valence-corrected chi connectivity index (χ1v) is 10.5. The lowest BCUT2D eigenvalue weighted by Crippen LogP contribution is -2.43. The summed E-state index contributed by atoms with van der Waals surface area (Å²) in [7, 11) is 0. The number of rotatable bonds is 5. The van der Waals surface area contributed by atoms with Gasteiger partial charge in [0.15, 0.2) is 0 Å². The highest BCUT2D eigenvalue weighted by atomic mass is 16.1. The monoisotopic (exact) mass is 388 g/mol. The molecule has 1 saturated heterocycles. The molecule has 0 spiro atoms.